The normalized spacial score (nSPS) is 30.4. The molecule has 1 aromatic rings. The molecule has 1 aromatic carbocycles. The van der Waals surface area contributed by atoms with Gasteiger partial charge in [0.2, 0.25) is 11.8 Å². The summed E-state index contributed by atoms with van der Waals surface area (Å²) in [4.78, 5) is 40.8. The quantitative estimate of drug-likeness (QED) is 0.750. The maximum absolute atomic E-state index is 13.0. The number of hydrogen-bond acceptors (Lipinski definition) is 5. The lowest BCUT2D eigenvalue weighted by molar-refractivity contribution is -0.136. The van der Waals surface area contributed by atoms with Gasteiger partial charge in [-0.15, -0.1) is 0 Å². The molecule has 0 saturated carbocycles. The fourth-order valence-corrected chi connectivity index (χ4v) is 5.31. The van der Waals surface area contributed by atoms with Gasteiger partial charge in [-0.25, -0.2) is 0 Å². The lowest BCUT2D eigenvalue weighted by atomic mass is 9.92. The third-order valence-electron chi connectivity index (χ3n) is 6.81. The Balaban J connectivity index is 1.33. The highest BCUT2D eigenvalue weighted by Crippen LogP contribution is 2.32. The Morgan fingerprint density at radius 1 is 1.11 bits per heavy atom. The minimum Gasteiger partial charge on any atom is -0.322 e. The molecule has 1 unspecified atom stereocenters. The van der Waals surface area contributed by atoms with Gasteiger partial charge in [-0.2, -0.15) is 0 Å². The average Bonchev–Trinajstić information content (AvgIpc) is 3.27. The minimum atomic E-state index is -0.550. The Hall–Kier alpha value is -2.25. The van der Waals surface area contributed by atoms with Crippen LogP contribution in [-0.4, -0.2) is 59.2 Å². The molecule has 7 heteroatoms. The van der Waals surface area contributed by atoms with Crippen molar-refractivity contribution in [2.45, 2.75) is 50.9 Å². The molecule has 3 saturated heterocycles. The summed E-state index contributed by atoms with van der Waals surface area (Å²) in [6.45, 7) is 4.61. The van der Waals surface area contributed by atoms with E-state index in [9.17, 15) is 14.4 Å². The van der Waals surface area contributed by atoms with Crippen molar-refractivity contribution >= 4 is 17.7 Å². The summed E-state index contributed by atoms with van der Waals surface area (Å²) in [6.07, 6.45) is 3.12. The summed E-state index contributed by atoms with van der Waals surface area (Å²) in [5, 5.41) is 5.97. The standard InChI is InChI=1S/C21H26N4O3/c26-19-5-4-18(20(27)23-19)25-12-16-13(2-1-3-15(16)21(25)28)10-24-9-7-17-14(11-24)6-8-22-17/h1-3,14,17-18,22H,4-12H2,(H,23,26,27)/t14-,17+,18?/m1/s1. The van der Waals surface area contributed by atoms with Crippen molar-refractivity contribution in [1.82, 2.24) is 20.4 Å². The van der Waals surface area contributed by atoms with Gasteiger partial charge in [0.1, 0.15) is 6.04 Å². The van der Waals surface area contributed by atoms with E-state index in [4.69, 9.17) is 0 Å². The molecule has 28 heavy (non-hydrogen) atoms. The monoisotopic (exact) mass is 382 g/mol. The second-order valence-electron chi connectivity index (χ2n) is 8.48. The predicted octanol–water partition coefficient (Wildman–Crippen LogP) is 0.631. The van der Waals surface area contributed by atoms with E-state index in [1.165, 1.54) is 18.4 Å². The third-order valence-corrected chi connectivity index (χ3v) is 6.81. The van der Waals surface area contributed by atoms with Crippen molar-refractivity contribution in [3.8, 4) is 0 Å². The predicted molar refractivity (Wildman–Crippen MR) is 102 cm³/mol. The van der Waals surface area contributed by atoms with Gasteiger partial charge in [0.05, 0.1) is 0 Å². The Morgan fingerprint density at radius 2 is 2.00 bits per heavy atom. The first-order valence-corrected chi connectivity index (χ1v) is 10.3. The molecule has 5 rings (SSSR count). The smallest absolute Gasteiger partial charge is 0.255 e. The van der Waals surface area contributed by atoms with Gasteiger partial charge in [-0.05, 0) is 55.5 Å². The van der Waals surface area contributed by atoms with E-state index < -0.39 is 6.04 Å². The number of fused-ring (bicyclic) bond motifs is 2. The lowest BCUT2D eigenvalue weighted by Crippen LogP contribution is -2.52. The summed E-state index contributed by atoms with van der Waals surface area (Å²) < 4.78 is 0. The molecule has 3 fully saturated rings. The Kier molecular flexibility index (Phi) is 4.44. The minimum absolute atomic E-state index is 0.0925. The van der Waals surface area contributed by atoms with Gasteiger partial charge < -0.3 is 10.2 Å². The van der Waals surface area contributed by atoms with Crippen LogP contribution in [0.25, 0.3) is 0 Å². The van der Waals surface area contributed by atoms with Crippen LogP contribution in [-0.2, 0) is 22.7 Å². The average molecular weight is 382 g/mol. The molecular formula is C21H26N4O3. The van der Waals surface area contributed by atoms with Crippen LogP contribution in [0.1, 0.15) is 47.2 Å². The van der Waals surface area contributed by atoms with Gasteiger partial charge in [-0.1, -0.05) is 12.1 Å². The van der Waals surface area contributed by atoms with Crippen molar-refractivity contribution in [2.24, 2.45) is 5.92 Å². The fraction of sp³-hybridized carbons (Fsp3) is 0.571. The van der Waals surface area contributed by atoms with Gasteiger partial charge in [0.15, 0.2) is 0 Å². The molecule has 4 heterocycles. The third kappa shape index (κ3) is 3.02. The van der Waals surface area contributed by atoms with Crippen molar-refractivity contribution in [2.75, 3.05) is 19.6 Å². The number of carbonyl (C=O) groups is 3. The zero-order valence-corrected chi connectivity index (χ0v) is 15.9. The number of hydrogen-bond donors (Lipinski definition) is 2. The zero-order valence-electron chi connectivity index (χ0n) is 15.9. The summed E-state index contributed by atoms with van der Waals surface area (Å²) in [7, 11) is 0. The number of imide groups is 1. The number of piperidine rings is 2. The van der Waals surface area contributed by atoms with E-state index in [-0.39, 0.29) is 24.1 Å². The molecule has 4 aliphatic heterocycles. The van der Waals surface area contributed by atoms with E-state index in [1.807, 2.05) is 12.1 Å². The number of rotatable bonds is 3. The van der Waals surface area contributed by atoms with Gasteiger partial charge in [0.25, 0.3) is 5.91 Å². The Morgan fingerprint density at radius 3 is 2.86 bits per heavy atom. The highest BCUT2D eigenvalue weighted by atomic mass is 16.2. The summed E-state index contributed by atoms with van der Waals surface area (Å²) in [5.74, 6) is 0.0304. The number of likely N-dealkylation sites (tertiary alicyclic amines) is 1. The first-order chi connectivity index (χ1) is 13.6. The SMILES string of the molecule is O=C1CCC(N2Cc3c(CN4CC[C@@H]5NCC[C@@H]5C4)cccc3C2=O)C(=O)N1. The first kappa shape index (κ1) is 17.8. The fourth-order valence-electron chi connectivity index (χ4n) is 5.31. The zero-order chi connectivity index (χ0) is 19.3. The molecule has 7 nitrogen and oxygen atoms in total. The van der Waals surface area contributed by atoms with Crippen molar-refractivity contribution < 1.29 is 14.4 Å². The first-order valence-electron chi connectivity index (χ1n) is 10.3. The molecule has 0 radical (unpaired) electrons. The van der Waals surface area contributed by atoms with E-state index in [2.05, 4.69) is 21.6 Å². The molecule has 2 N–H and O–H groups in total. The summed E-state index contributed by atoms with van der Waals surface area (Å²) >= 11 is 0. The molecule has 0 aliphatic carbocycles. The van der Waals surface area contributed by atoms with Crippen LogP contribution in [0.5, 0.6) is 0 Å². The van der Waals surface area contributed by atoms with E-state index in [0.717, 1.165) is 37.7 Å². The van der Waals surface area contributed by atoms with Crippen LogP contribution in [0, 0.1) is 5.92 Å². The molecule has 0 spiro atoms. The van der Waals surface area contributed by atoms with Gasteiger partial charge >= 0.3 is 0 Å². The number of carbonyl (C=O) groups excluding carboxylic acids is 3. The van der Waals surface area contributed by atoms with Crippen LogP contribution in [0.2, 0.25) is 0 Å². The Bertz CT molecular complexity index is 839. The highest BCUT2D eigenvalue weighted by molar-refractivity contribution is 6.05. The van der Waals surface area contributed by atoms with Gasteiger partial charge in [0, 0.05) is 37.7 Å². The molecule has 0 aromatic heterocycles. The van der Waals surface area contributed by atoms with Crippen molar-refractivity contribution in [3.63, 3.8) is 0 Å². The van der Waals surface area contributed by atoms with E-state index >= 15 is 0 Å². The summed E-state index contributed by atoms with van der Waals surface area (Å²) in [5.41, 5.74) is 2.94. The van der Waals surface area contributed by atoms with Crippen LogP contribution >= 0.6 is 0 Å². The second-order valence-corrected chi connectivity index (χ2v) is 8.48. The summed E-state index contributed by atoms with van der Waals surface area (Å²) in [6, 6.07) is 6.04. The molecule has 3 amide bonds. The maximum Gasteiger partial charge on any atom is 0.255 e. The number of amides is 3. The highest BCUT2D eigenvalue weighted by Gasteiger charge is 2.40. The number of nitrogens with one attached hydrogen (secondary N) is 2. The molecule has 148 valence electrons. The largest absolute Gasteiger partial charge is 0.322 e. The lowest BCUT2D eigenvalue weighted by Gasteiger charge is -2.35. The Labute approximate surface area is 164 Å². The van der Waals surface area contributed by atoms with Crippen LogP contribution in [0.4, 0.5) is 0 Å². The maximum atomic E-state index is 13.0. The number of nitrogens with zero attached hydrogens (tertiary/aromatic N) is 2. The van der Waals surface area contributed by atoms with Crippen LogP contribution < -0.4 is 10.6 Å². The van der Waals surface area contributed by atoms with E-state index in [1.54, 1.807) is 4.90 Å². The molecule has 4 aliphatic rings. The molecule has 0 bridgehead atoms. The number of benzene rings is 1. The molecule has 3 atom stereocenters. The van der Waals surface area contributed by atoms with E-state index in [0.29, 0.717) is 24.6 Å². The van der Waals surface area contributed by atoms with Crippen molar-refractivity contribution in [3.05, 3.63) is 34.9 Å². The van der Waals surface area contributed by atoms with Crippen molar-refractivity contribution in [1.29, 1.82) is 0 Å². The van der Waals surface area contributed by atoms with Crippen LogP contribution in [0.3, 0.4) is 0 Å². The second kappa shape index (κ2) is 6.97. The van der Waals surface area contributed by atoms with Gasteiger partial charge in [-0.3, -0.25) is 24.6 Å². The van der Waals surface area contributed by atoms with Crippen LogP contribution in [0.15, 0.2) is 18.2 Å². The topological polar surface area (TPSA) is 81.8 Å². The molecular weight excluding hydrogens is 356 g/mol.